The maximum atomic E-state index is 13.5. The SMILES string of the molecule is Cc1ccc(S(=O)(=O)N2CC(C(=O)Nc3ccc(C(F)(F)F)cc3)Oc3ccc(C)cc32)cc1. The lowest BCUT2D eigenvalue weighted by Gasteiger charge is -2.35. The fourth-order valence-corrected chi connectivity index (χ4v) is 5.00. The molecule has 0 fully saturated rings. The third kappa shape index (κ3) is 4.72. The summed E-state index contributed by atoms with van der Waals surface area (Å²) in [6, 6.07) is 15.3. The lowest BCUT2D eigenvalue weighted by atomic mass is 10.1. The van der Waals surface area contributed by atoms with Crippen LogP contribution in [0.5, 0.6) is 5.75 Å². The van der Waals surface area contributed by atoms with Gasteiger partial charge in [-0.3, -0.25) is 9.10 Å². The number of benzene rings is 3. The number of carbonyl (C=O) groups is 1. The van der Waals surface area contributed by atoms with E-state index in [4.69, 9.17) is 4.74 Å². The number of hydrogen-bond acceptors (Lipinski definition) is 4. The number of rotatable bonds is 4. The molecule has 34 heavy (non-hydrogen) atoms. The summed E-state index contributed by atoms with van der Waals surface area (Å²) in [7, 11) is -4.02. The summed E-state index contributed by atoms with van der Waals surface area (Å²) in [6.45, 7) is 3.34. The summed E-state index contributed by atoms with van der Waals surface area (Å²) in [6.07, 6.45) is -5.72. The van der Waals surface area contributed by atoms with Crippen LogP contribution in [0.2, 0.25) is 0 Å². The van der Waals surface area contributed by atoms with Crippen molar-refractivity contribution in [3.8, 4) is 5.75 Å². The third-order valence-corrected chi connectivity index (χ3v) is 7.16. The predicted octanol–water partition coefficient (Wildman–Crippen LogP) is 4.92. The van der Waals surface area contributed by atoms with Crippen molar-refractivity contribution in [1.82, 2.24) is 0 Å². The van der Waals surface area contributed by atoms with E-state index in [0.29, 0.717) is 5.69 Å². The standard InChI is InChI=1S/C24H21F3N2O4S/c1-15-3-10-19(11-4-15)34(31,32)29-14-22(33-21-12-5-16(2)13-20(21)29)23(30)28-18-8-6-17(7-9-18)24(25,26)27/h3-13,22H,14H2,1-2H3,(H,28,30). The van der Waals surface area contributed by atoms with Gasteiger partial charge in [0.15, 0.2) is 6.10 Å². The van der Waals surface area contributed by atoms with Gasteiger partial charge in [-0.2, -0.15) is 13.2 Å². The average Bonchev–Trinajstić information content (AvgIpc) is 2.78. The van der Waals surface area contributed by atoms with Gasteiger partial charge in [-0.1, -0.05) is 23.8 Å². The van der Waals surface area contributed by atoms with Crippen molar-refractivity contribution in [3.63, 3.8) is 0 Å². The van der Waals surface area contributed by atoms with Crippen LogP contribution in [0.4, 0.5) is 24.5 Å². The zero-order valence-electron chi connectivity index (χ0n) is 18.3. The molecule has 1 N–H and O–H groups in total. The van der Waals surface area contributed by atoms with Crippen LogP contribution in [0.3, 0.4) is 0 Å². The number of nitrogens with zero attached hydrogens (tertiary/aromatic N) is 1. The molecule has 1 aliphatic heterocycles. The number of ether oxygens (including phenoxy) is 1. The van der Waals surface area contributed by atoms with E-state index < -0.39 is 33.8 Å². The second kappa shape index (κ2) is 8.68. The Morgan fingerprint density at radius 2 is 1.59 bits per heavy atom. The number of nitrogens with one attached hydrogen (secondary N) is 1. The number of aryl methyl sites for hydroxylation is 2. The minimum atomic E-state index is -4.50. The van der Waals surface area contributed by atoms with Gasteiger partial charge in [0.05, 0.1) is 22.7 Å². The summed E-state index contributed by atoms with van der Waals surface area (Å²) >= 11 is 0. The first-order valence-corrected chi connectivity index (χ1v) is 11.7. The number of hydrogen-bond donors (Lipinski definition) is 1. The molecule has 178 valence electrons. The van der Waals surface area contributed by atoms with E-state index in [0.717, 1.165) is 39.7 Å². The Balaban J connectivity index is 1.63. The molecule has 0 aliphatic carbocycles. The summed E-state index contributed by atoms with van der Waals surface area (Å²) in [5.41, 5.74) is 1.28. The van der Waals surface area contributed by atoms with Crippen molar-refractivity contribution in [2.24, 2.45) is 0 Å². The molecule has 1 amide bonds. The Morgan fingerprint density at radius 3 is 2.21 bits per heavy atom. The molecule has 0 saturated carbocycles. The van der Waals surface area contributed by atoms with Crippen LogP contribution in [0.15, 0.2) is 71.6 Å². The Morgan fingerprint density at radius 1 is 0.971 bits per heavy atom. The second-order valence-electron chi connectivity index (χ2n) is 7.99. The minimum absolute atomic E-state index is 0.0642. The lowest BCUT2D eigenvalue weighted by Crippen LogP contribution is -2.48. The van der Waals surface area contributed by atoms with Crippen LogP contribution in [0.25, 0.3) is 0 Å². The molecule has 0 radical (unpaired) electrons. The van der Waals surface area contributed by atoms with Gasteiger partial charge in [-0.15, -0.1) is 0 Å². The highest BCUT2D eigenvalue weighted by atomic mass is 32.2. The smallest absolute Gasteiger partial charge is 0.416 e. The number of halogens is 3. The van der Waals surface area contributed by atoms with Crippen molar-refractivity contribution < 1.29 is 31.1 Å². The van der Waals surface area contributed by atoms with E-state index in [1.54, 1.807) is 37.3 Å². The van der Waals surface area contributed by atoms with Gasteiger partial charge >= 0.3 is 6.18 Å². The number of amides is 1. The van der Waals surface area contributed by atoms with Crippen molar-refractivity contribution in [3.05, 3.63) is 83.4 Å². The van der Waals surface area contributed by atoms with E-state index in [1.807, 2.05) is 6.92 Å². The summed E-state index contributed by atoms with van der Waals surface area (Å²) in [4.78, 5) is 13.0. The second-order valence-corrected chi connectivity index (χ2v) is 9.85. The third-order valence-electron chi connectivity index (χ3n) is 5.37. The molecule has 3 aromatic rings. The molecule has 1 heterocycles. The van der Waals surface area contributed by atoms with Crippen LogP contribution in [-0.4, -0.2) is 27.0 Å². The maximum Gasteiger partial charge on any atom is 0.416 e. The van der Waals surface area contributed by atoms with Gasteiger partial charge in [0.1, 0.15) is 5.75 Å². The monoisotopic (exact) mass is 490 g/mol. The zero-order valence-corrected chi connectivity index (χ0v) is 19.1. The normalized spacial score (nSPS) is 15.9. The van der Waals surface area contributed by atoms with Gasteiger partial charge in [0.25, 0.3) is 15.9 Å². The first-order valence-electron chi connectivity index (χ1n) is 10.3. The van der Waals surface area contributed by atoms with Crippen LogP contribution < -0.4 is 14.4 Å². The minimum Gasteiger partial charge on any atom is -0.476 e. The van der Waals surface area contributed by atoms with Crippen molar-refractivity contribution >= 4 is 27.3 Å². The highest BCUT2D eigenvalue weighted by molar-refractivity contribution is 7.92. The predicted molar refractivity (Wildman–Crippen MR) is 121 cm³/mol. The van der Waals surface area contributed by atoms with E-state index in [9.17, 15) is 26.4 Å². The molecule has 0 spiro atoms. The number of alkyl halides is 3. The van der Waals surface area contributed by atoms with E-state index >= 15 is 0 Å². The molecular weight excluding hydrogens is 469 g/mol. The highest BCUT2D eigenvalue weighted by Gasteiger charge is 2.38. The van der Waals surface area contributed by atoms with Crippen LogP contribution in [0.1, 0.15) is 16.7 Å². The first-order chi connectivity index (χ1) is 15.9. The molecule has 0 saturated heterocycles. The fraction of sp³-hybridized carbons (Fsp3) is 0.208. The first kappa shape index (κ1) is 23.6. The van der Waals surface area contributed by atoms with E-state index in [-0.39, 0.29) is 22.9 Å². The van der Waals surface area contributed by atoms with E-state index in [2.05, 4.69) is 5.32 Å². The molecule has 3 aromatic carbocycles. The molecule has 4 rings (SSSR count). The molecular formula is C24H21F3N2O4S. The average molecular weight is 491 g/mol. The van der Waals surface area contributed by atoms with Gasteiger partial charge in [0.2, 0.25) is 0 Å². The molecule has 1 aliphatic rings. The summed E-state index contributed by atoms with van der Waals surface area (Å²) in [5.74, 6) is -0.477. The highest BCUT2D eigenvalue weighted by Crippen LogP contribution is 2.38. The largest absolute Gasteiger partial charge is 0.476 e. The van der Waals surface area contributed by atoms with Gasteiger partial charge in [-0.05, 0) is 67.9 Å². The number of sulfonamides is 1. The van der Waals surface area contributed by atoms with Crippen molar-refractivity contribution in [2.45, 2.75) is 31.0 Å². The summed E-state index contributed by atoms with van der Waals surface area (Å²) < 4.78 is 72.2. The number of fused-ring (bicyclic) bond motifs is 1. The number of carbonyl (C=O) groups excluding carboxylic acids is 1. The van der Waals surface area contributed by atoms with Gasteiger partial charge in [-0.25, -0.2) is 8.42 Å². The molecule has 6 nitrogen and oxygen atoms in total. The molecule has 0 bridgehead atoms. The van der Waals surface area contributed by atoms with Crippen molar-refractivity contribution in [1.29, 1.82) is 0 Å². The Hall–Kier alpha value is -3.53. The summed E-state index contributed by atoms with van der Waals surface area (Å²) in [5, 5.41) is 2.50. The Kier molecular flexibility index (Phi) is 6.03. The van der Waals surface area contributed by atoms with Crippen LogP contribution >= 0.6 is 0 Å². The molecule has 0 aromatic heterocycles. The van der Waals surface area contributed by atoms with Gasteiger partial charge in [0, 0.05) is 5.69 Å². The zero-order chi connectivity index (χ0) is 24.7. The Bertz CT molecular complexity index is 1320. The molecule has 1 unspecified atom stereocenters. The van der Waals surface area contributed by atoms with E-state index in [1.165, 1.54) is 12.1 Å². The molecule has 1 atom stereocenters. The maximum absolute atomic E-state index is 13.5. The topological polar surface area (TPSA) is 75.7 Å². The molecule has 10 heteroatoms. The quantitative estimate of drug-likeness (QED) is 0.564. The van der Waals surface area contributed by atoms with Crippen molar-refractivity contribution in [2.75, 3.05) is 16.2 Å². The fourth-order valence-electron chi connectivity index (χ4n) is 3.53. The van der Waals surface area contributed by atoms with Crippen LogP contribution in [0, 0.1) is 13.8 Å². The van der Waals surface area contributed by atoms with Gasteiger partial charge < -0.3 is 10.1 Å². The van der Waals surface area contributed by atoms with Crippen LogP contribution in [-0.2, 0) is 21.0 Å². The lowest BCUT2D eigenvalue weighted by molar-refractivity contribution is -0.137. The number of anilines is 2. The Labute approximate surface area is 195 Å².